The number of carboxylic acids is 1. The number of hydrogen-bond acceptors (Lipinski definition) is 6. The molecule has 8 nitrogen and oxygen atoms in total. The smallest absolute Gasteiger partial charge is 0.323 e. The SMILES string of the molecule is O=C(O)CN(c1ccc2nnnn2n1)C1CCCC1. The van der Waals surface area contributed by atoms with Crippen LogP contribution in [0, 0.1) is 0 Å². The number of aromatic nitrogens is 5. The molecule has 1 fully saturated rings. The number of hydrogen-bond donors (Lipinski definition) is 1. The second-order valence-electron chi connectivity index (χ2n) is 4.68. The van der Waals surface area contributed by atoms with Crippen molar-refractivity contribution in [2.24, 2.45) is 0 Å². The van der Waals surface area contributed by atoms with Crippen molar-refractivity contribution in [2.75, 3.05) is 11.4 Å². The first-order chi connectivity index (χ1) is 9.24. The molecule has 19 heavy (non-hydrogen) atoms. The van der Waals surface area contributed by atoms with Gasteiger partial charge >= 0.3 is 5.97 Å². The normalized spacial score (nSPS) is 16.0. The Morgan fingerprint density at radius 1 is 1.42 bits per heavy atom. The molecule has 0 saturated heterocycles. The van der Waals surface area contributed by atoms with Crippen LogP contribution in [0.5, 0.6) is 0 Å². The molecule has 1 aliphatic carbocycles. The zero-order valence-corrected chi connectivity index (χ0v) is 10.3. The number of carboxylic acid groups (broad SMARTS) is 1. The third-order valence-corrected chi connectivity index (χ3v) is 3.42. The van der Waals surface area contributed by atoms with Gasteiger partial charge in [-0.3, -0.25) is 4.79 Å². The van der Waals surface area contributed by atoms with Gasteiger partial charge in [-0.1, -0.05) is 12.8 Å². The molecule has 1 saturated carbocycles. The molecule has 0 unspecified atom stereocenters. The van der Waals surface area contributed by atoms with Crippen LogP contribution in [-0.4, -0.2) is 48.9 Å². The van der Waals surface area contributed by atoms with Gasteiger partial charge in [0, 0.05) is 6.04 Å². The summed E-state index contributed by atoms with van der Waals surface area (Å²) in [6.07, 6.45) is 4.27. The van der Waals surface area contributed by atoms with Gasteiger partial charge in [0.05, 0.1) is 0 Å². The lowest BCUT2D eigenvalue weighted by Gasteiger charge is -2.27. The second kappa shape index (κ2) is 4.79. The molecule has 2 heterocycles. The minimum Gasteiger partial charge on any atom is -0.480 e. The van der Waals surface area contributed by atoms with Crippen molar-refractivity contribution >= 4 is 17.4 Å². The van der Waals surface area contributed by atoms with E-state index in [2.05, 4.69) is 20.6 Å². The van der Waals surface area contributed by atoms with E-state index in [9.17, 15) is 4.79 Å². The molecule has 0 aliphatic heterocycles. The molecule has 0 atom stereocenters. The number of nitrogens with zero attached hydrogens (tertiary/aromatic N) is 6. The van der Waals surface area contributed by atoms with E-state index in [1.807, 2.05) is 4.90 Å². The van der Waals surface area contributed by atoms with Crippen LogP contribution in [0.4, 0.5) is 5.82 Å². The number of rotatable bonds is 4. The molecule has 0 aromatic carbocycles. The highest BCUT2D eigenvalue weighted by atomic mass is 16.4. The van der Waals surface area contributed by atoms with Crippen molar-refractivity contribution in [2.45, 2.75) is 31.7 Å². The number of aliphatic carboxylic acids is 1. The maximum absolute atomic E-state index is 11.0. The quantitative estimate of drug-likeness (QED) is 0.849. The molecule has 3 rings (SSSR count). The van der Waals surface area contributed by atoms with Crippen LogP contribution in [-0.2, 0) is 4.79 Å². The van der Waals surface area contributed by atoms with Gasteiger partial charge in [0.2, 0.25) is 0 Å². The van der Waals surface area contributed by atoms with E-state index in [0.717, 1.165) is 25.7 Å². The summed E-state index contributed by atoms with van der Waals surface area (Å²) in [5.74, 6) is -0.250. The Morgan fingerprint density at radius 3 is 2.95 bits per heavy atom. The van der Waals surface area contributed by atoms with Crippen LogP contribution < -0.4 is 4.90 Å². The molecular weight excluding hydrogens is 248 g/mol. The molecule has 100 valence electrons. The van der Waals surface area contributed by atoms with Gasteiger partial charge in [0.15, 0.2) is 11.5 Å². The van der Waals surface area contributed by atoms with E-state index >= 15 is 0 Å². The van der Waals surface area contributed by atoms with Gasteiger partial charge in [0.1, 0.15) is 6.54 Å². The van der Waals surface area contributed by atoms with Gasteiger partial charge < -0.3 is 10.0 Å². The van der Waals surface area contributed by atoms with Crippen molar-refractivity contribution in [1.29, 1.82) is 0 Å². The average molecular weight is 262 g/mol. The highest BCUT2D eigenvalue weighted by Crippen LogP contribution is 2.26. The van der Waals surface area contributed by atoms with E-state index in [0.29, 0.717) is 11.5 Å². The lowest BCUT2D eigenvalue weighted by Crippen LogP contribution is -2.38. The lowest BCUT2D eigenvalue weighted by atomic mass is 10.2. The van der Waals surface area contributed by atoms with Crippen molar-refractivity contribution in [3.63, 3.8) is 0 Å². The van der Waals surface area contributed by atoms with Gasteiger partial charge in [-0.2, -0.15) is 0 Å². The Labute approximate surface area is 109 Å². The molecule has 0 spiro atoms. The van der Waals surface area contributed by atoms with Gasteiger partial charge in [-0.15, -0.1) is 14.8 Å². The average Bonchev–Trinajstić information content (AvgIpc) is 3.06. The van der Waals surface area contributed by atoms with E-state index in [1.165, 1.54) is 4.63 Å². The molecule has 1 N–H and O–H groups in total. The van der Waals surface area contributed by atoms with Crippen LogP contribution >= 0.6 is 0 Å². The third kappa shape index (κ3) is 2.33. The number of fused-ring (bicyclic) bond motifs is 1. The van der Waals surface area contributed by atoms with Crippen molar-refractivity contribution in [3.8, 4) is 0 Å². The van der Waals surface area contributed by atoms with Crippen molar-refractivity contribution < 1.29 is 9.90 Å². The summed E-state index contributed by atoms with van der Waals surface area (Å²) in [5.41, 5.74) is 0.547. The molecule has 2 aromatic heterocycles. The molecule has 0 amide bonds. The summed E-state index contributed by atoms with van der Waals surface area (Å²) >= 11 is 0. The fourth-order valence-corrected chi connectivity index (χ4v) is 2.55. The summed E-state index contributed by atoms with van der Waals surface area (Å²) in [5, 5.41) is 24.4. The minimum absolute atomic E-state index is 0.0503. The topological polar surface area (TPSA) is 96.5 Å². The monoisotopic (exact) mass is 262 g/mol. The maximum atomic E-state index is 11.0. The molecule has 8 heteroatoms. The van der Waals surface area contributed by atoms with Crippen LogP contribution in [0.3, 0.4) is 0 Å². The predicted molar refractivity (Wildman–Crippen MR) is 65.8 cm³/mol. The van der Waals surface area contributed by atoms with Gasteiger partial charge in [0.25, 0.3) is 0 Å². The molecular formula is C11H14N6O2. The van der Waals surface area contributed by atoms with E-state index < -0.39 is 5.97 Å². The van der Waals surface area contributed by atoms with E-state index in [1.54, 1.807) is 12.1 Å². The standard InChI is InChI=1S/C11H14N6O2/c18-11(19)7-16(8-3-1-2-4-8)10-6-5-9-12-14-15-17(9)13-10/h5-6,8H,1-4,7H2,(H,18,19). The predicted octanol–water partition coefficient (Wildman–Crippen LogP) is 0.353. The molecule has 0 bridgehead atoms. The van der Waals surface area contributed by atoms with Crippen LogP contribution in [0.1, 0.15) is 25.7 Å². The molecule has 1 aliphatic rings. The first kappa shape index (κ1) is 11.8. The first-order valence-corrected chi connectivity index (χ1v) is 6.28. The number of anilines is 1. The Balaban J connectivity index is 1.94. The molecule has 2 aromatic rings. The van der Waals surface area contributed by atoms with Gasteiger partial charge in [-0.05, 0) is 35.4 Å². The van der Waals surface area contributed by atoms with E-state index in [4.69, 9.17) is 5.11 Å². The van der Waals surface area contributed by atoms with Crippen LogP contribution in [0.25, 0.3) is 5.65 Å². The van der Waals surface area contributed by atoms with Crippen LogP contribution in [0.15, 0.2) is 12.1 Å². The first-order valence-electron chi connectivity index (χ1n) is 6.28. The number of tetrazole rings is 1. The molecule has 0 radical (unpaired) electrons. The highest BCUT2D eigenvalue weighted by molar-refractivity contribution is 5.73. The van der Waals surface area contributed by atoms with Crippen molar-refractivity contribution in [1.82, 2.24) is 25.3 Å². The second-order valence-corrected chi connectivity index (χ2v) is 4.68. The van der Waals surface area contributed by atoms with E-state index in [-0.39, 0.29) is 12.6 Å². The Bertz CT molecular complexity index is 592. The summed E-state index contributed by atoms with van der Waals surface area (Å²) in [6.45, 7) is -0.0503. The van der Waals surface area contributed by atoms with Crippen LogP contribution in [0.2, 0.25) is 0 Å². The fourth-order valence-electron chi connectivity index (χ4n) is 2.55. The summed E-state index contributed by atoms with van der Waals surface area (Å²) < 4.78 is 1.32. The summed E-state index contributed by atoms with van der Waals surface area (Å²) in [6, 6.07) is 3.75. The lowest BCUT2D eigenvalue weighted by molar-refractivity contribution is -0.135. The summed E-state index contributed by atoms with van der Waals surface area (Å²) in [7, 11) is 0. The summed E-state index contributed by atoms with van der Waals surface area (Å²) in [4.78, 5) is 12.9. The van der Waals surface area contributed by atoms with Crippen molar-refractivity contribution in [3.05, 3.63) is 12.1 Å². The zero-order chi connectivity index (χ0) is 13.2. The third-order valence-electron chi connectivity index (χ3n) is 3.42. The minimum atomic E-state index is -0.856. The number of carbonyl (C=O) groups is 1. The zero-order valence-electron chi connectivity index (χ0n) is 10.3. The maximum Gasteiger partial charge on any atom is 0.323 e. The highest BCUT2D eigenvalue weighted by Gasteiger charge is 2.25. The van der Waals surface area contributed by atoms with Gasteiger partial charge in [-0.25, -0.2) is 0 Å². The Kier molecular flexibility index (Phi) is 2.98. The Morgan fingerprint density at radius 2 is 2.21 bits per heavy atom. The Hall–Kier alpha value is -2.25. The fraction of sp³-hybridized carbons (Fsp3) is 0.545. The largest absolute Gasteiger partial charge is 0.480 e.